The second kappa shape index (κ2) is 7.29. The molecule has 1 atom stereocenters. The number of ether oxygens (including phenoxy) is 1. The van der Waals surface area contributed by atoms with Crippen LogP contribution >= 0.6 is 11.8 Å². The van der Waals surface area contributed by atoms with Crippen molar-refractivity contribution < 1.29 is 13.9 Å². The summed E-state index contributed by atoms with van der Waals surface area (Å²) in [4.78, 5) is 15.3. The summed E-state index contributed by atoms with van der Waals surface area (Å²) in [6.07, 6.45) is 3.82. The van der Waals surface area contributed by atoms with Gasteiger partial charge in [0.1, 0.15) is 12.3 Å². The molecular formula is C10H16N2O3S. The minimum atomic E-state index is -0.252. The van der Waals surface area contributed by atoms with E-state index in [-0.39, 0.29) is 12.0 Å². The van der Waals surface area contributed by atoms with Gasteiger partial charge in [0, 0.05) is 5.75 Å². The number of thioether (sulfide) groups is 1. The van der Waals surface area contributed by atoms with Crippen molar-refractivity contribution in [2.24, 2.45) is 0 Å². The fraction of sp³-hybridized carbons (Fsp3) is 0.600. The average molecular weight is 244 g/mol. The maximum Gasteiger partial charge on any atom is 0.322 e. The molecule has 16 heavy (non-hydrogen) atoms. The van der Waals surface area contributed by atoms with Crippen LogP contribution in [-0.4, -0.2) is 36.4 Å². The van der Waals surface area contributed by atoms with Gasteiger partial charge in [-0.25, -0.2) is 4.98 Å². The van der Waals surface area contributed by atoms with Gasteiger partial charge in [-0.2, -0.15) is 0 Å². The fourth-order valence-corrected chi connectivity index (χ4v) is 2.02. The average Bonchev–Trinajstić information content (AvgIpc) is 2.80. The lowest BCUT2D eigenvalue weighted by molar-refractivity contribution is -0.143. The van der Waals surface area contributed by atoms with Gasteiger partial charge in [-0.1, -0.05) is 18.7 Å². The monoisotopic (exact) mass is 244 g/mol. The maximum absolute atomic E-state index is 11.4. The first-order chi connectivity index (χ1) is 7.77. The lowest BCUT2D eigenvalue weighted by atomic mass is 10.2. The first-order valence-electron chi connectivity index (χ1n) is 5.11. The molecule has 0 fully saturated rings. The molecule has 1 unspecified atom stereocenters. The lowest BCUT2D eigenvalue weighted by Gasteiger charge is -2.14. The molecule has 1 rings (SSSR count). The van der Waals surface area contributed by atoms with Gasteiger partial charge in [0.05, 0.1) is 13.3 Å². The topological polar surface area (TPSA) is 64.4 Å². The molecule has 0 bridgehead atoms. The number of carbonyl (C=O) groups is 1. The van der Waals surface area contributed by atoms with Crippen molar-refractivity contribution in [1.82, 2.24) is 10.3 Å². The first kappa shape index (κ1) is 13.1. The summed E-state index contributed by atoms with van der Waals surface area (Å²) < 4.78 is 9.78. The third-order valence-corrected chi connectivity index (χ3v) is 2.87. The second-order valence-corrected chi connectivity index (χ2v) is 4.11. The highest BCUT2D eigenvalue weighted by Crippen LogP contribution is 2.16. The molecule has 1 heterocycles. The molecule has 0 saturated carbocycles. The van der Waals surface area contributed by atoms with Crippen LogP contribution in [-0.2, 0) is 9.53 Å². The van der Waals surface area contributed by atoms with E-state index in [1.165, 1.54) is 25.1 Å². The van der Waals surface area contributed by atoms with Crippen LogP contribution in [0.5, 0.6) is 0 Å². The second-order valence-electron chi connectivity index (χ2n) is 3.07. The van der Waals surface area contributed by atoms with Gasteiger partial charge in [0.25, 0.3) is 5.22 Å². The fourth-order valence-electron chi connectivity index (χ4n) is 1.24. The molecule has 0 saturated heterocycles. The van der Waals surface area contributed by atoms with Crippen LogP contribution in [0, 0.1) is 0 Å². The number of aromatic nitrogens is 1. The molecule has 0 amide bonds. The number of hydrogen-bond acceptors (Lipinski definition) is 6. The first-order valence-corrected chi connectivity index (χ1v) is 6.10. The highest BCUT2D eigenvalue weighted by atomic mass is 32.2. The number of nitrogens with one attached hydrogen (secondary N) is 1. The molecule has 0 aliphatic heterocycles. The van der Waals surface area contributed by atoms with Crippen LogP contribution in [0.1, 0.15) is 13.3 Å². The summed E-state index contributed by atoms with van der Waals surface area (Å²) in [5, 5.41) is 3.70. The largest absolute Gasteiger partial charge is 0.468 e. The Morgan fingerprint density at radius 1 is 1.75 bits per heavy atom. The van der Waals surface area contributed by atoms with Crippen LogP contribution < -0.4 is 5.32 Å². The lowest BCUT2D eigenvalue weighted by Crippen LogP contribution is -2.37. The van der Waals surface area contributed by atoms with E-state index in [4.69, 9.17) is 9.15 Å². The van der Waals surface area contributed by atoms with Gasteiger partial charge in [0.2, 0.25) is 0 Å². The van der Waals surface area contributed by atoms with Crippen LogP contribution in [0.3, 0.4) is 0 Å². The summed E-state index contributed by atoms with van der Waals surface area (Å²) in [7, 11) is 1.40. The number of rotatable bonds is 7. The maximum atomic E-state index is 11.4. The zero-order valence-corrected chi connectivity index (χ0v) is 10.3. The van der Waals surface area contributed by atoms with Crippen LogP contribution in [0.4, 0.5) is 0 Å². The highest BCUT2D eigenvalue weighted by molar-refractivity contribution is 7.99. The summed E-state index contributed by atoms with van der Waals surface area (Å²) in [6, 6.07) is -0.252. The molecule has 1 aromatic rings. The molecule has 1 N–H and O–H groups in total. The molecule has 6 heteroatoms. The van der Waals surface area contributed by atoms with Gasteiger partial charge < -0.3 is 14.5 Å². The summed E-state index contributed by atoms with van der Waals surface area (Å²) in [5.41, 5.74) is 0. The van der Waals surface area contributed by atoms with E-state index >= 15 is 0 Å². The van der Waals surface area contributed by atoms with E-state index in [1.54, 1.807) is 6.20 Å². The standard InChI is InChI=1S/C10H16N2O3S/c1-3-11-8(9(13)14-2)4-7-16-10-12-5-6-15-10/h5-6,8,11H,3-4,7H2,1-2H3. The minimum absolute atomic E-state index is 0.227. The Hall–Kier alpha value is -1.01. The number of esters is 1. The Labute approximate surface area is 98.9 Å². The van der Waals surface area contributed by atoms with Crippen molar-refractivity contribution in [3.05, 3.63) is 12.5 Å². The predicted octanol–water partition coefficient (Wildman–Crippen LogP) is 1.31. The van der Waals surface area contributed by atoms with Crippen molar-refractivity contribution in [3.63, 3.8) is 0 Å². The van der Waals surface area contributed by atoms with Crippen LogP contribution in [0.2, 0.25) is 0 Å². The molecule has 0 aliphatic carbocycles. The molecule has 0 spiro atoms. The van der Waals surface area contributed by atoms with Gasteiger partial charge in [-0.3, -0.25) is 4.79 Å². The van der Waals surface area contributed by atoms with Crippen molar-refractivity contribution in [2.45, 2.75) is 24.6 Å². The number of carbonyl (C=O) groups excluding carboxylic acids is 1. The quantitative estimate of drug-likeness (QED) is 0.576. The van der Waals surface area contributed by atoms with E-state index in [9.17, 15) is 4.79 Å². The molecular weight excluding hydrogens is 228 g/mol. The number of nitrogens with zero attached hydrogens (tertiary/aromatic N) is 1. The Kier molecular flexibility index (Phi) is 5.95. The van der Waals surface area contributed by atoms with Gasteiger partial charge in [-0.05, 0) is 13.0 Å². The zero-order chi connectivity index (χ0) is 11.8. The third-order valence-electron chi connectivity index (χ3n) is 1.98. The summed E-state index contributed by atoms with van der Waals surface area (Å²) in [5.74, 6) is 0.530. The third kappa shape index (κ3) is 4.24. The molecule has 0 aliphatic rings. The minimum Gasteiger partial charge on any atom is -0.468 e. The normalized spacial score (nSPS) is 12.4. The SMILES string of the molecule is CCNC(CCSc1ncco1)C(=O)OC. The highest BCUT2D eigenvalue weighted by Gasteiger charge is 2.17. The predicted molar refractivity (Wildman–Crippen MR) is 61.3 cm³/mol. The molecule has 0 radical (unpaired) electrons. The molecule has 1 aromatic heterocycles. The van der Waals surface area contributed by atoms with Gasteiger partial charge >= 0.3 is 5.97 Å². The zero-order valence-electron chi connectivity index (χ0n) is 9.43. The molecule has 90 valence electrons. The van der Waals surface area contributed by atoms with Crippen molar-refractivity contribution in [1.29, 1.82) is 0 Å². The van der Waals surface area contributed by atoms with E-state index in [1.807, 2.05) is 6.92 Å². The van der Waals surface area contributed by atoms with Crippen molar-refractivity contribution in [3.8, 4) is 0 Å². The number of oxazole rings is 1. The summed E-state index contributed by atoms with van der Waals surface area (Å²) in [6.45, 7) is 2.70. The Bertz CT molecular complexity index is 303. The number of likely N-dealkylation sites (N-methyl/N-ethyl adjacent to an activating group) is 1. The Balaban J connectivity index is 2.29. The van der Waals surface area contributed by atoms with E-state index < -0.39 is 0 Å². The summed E-state index contributed by atoms with van der Waals surface area (Å²) >= 11 is 1.48. The Morgan fingerprint density at radius 3 is 3.12 bits per heavy atom. The van der Waals surface area contributed by atoms with E-state index in [0.29, 0.717) is 11.6 Å². The van der Waals surface area contributed by atoms with Crippen molar-refractivity contribution >= 4 is 17.7 Å². The smallest absolute Gasteiger partial charge is 0.322 e. The molecule has 5 nitrogen and oxygen atoms in total. The number of hydrogen-bond donors (Lipinski definition) is 1. The van der Waals surface area contributed by atoms with Gasteiger partial charge in [0.15, 0.2) is 0 Å². The Morgan fingerprint density at radius 2 is 2.56 bits per heavy atom. The number of methoxy groups -OCH3 is 1. The van der Waals surface area contributed by atoms with Crippen LogP contribution in [0.15, 0.2) is 22.1 Å². The van der Waals surface area contributed by atoms with Crippen LogP contribution in [0.25, 0.3) is 0 Å². The van der Waals surface area contributed by atoms with Crippen molar-refractivity contribution in [2.75, 3.05) is 19.4 Å². The molecule has 0 aromatic carbocycles. The van der Waals surface area contributed by atoms with Gasteiger partial charge in [-0.15, -0.1) is 0 Å². The van der Waals surface area contributed by atoms with E-state index in [2.05, 4.69) is 10.3 Å². The van der Waals surface area contributed by atoms with E-state index in [0.717, 1.165) is 12.3 Å².